The van der Waals surface area contributed by atoms with Crippen LogP contribution in [0.25, 0.3) is 0 Å². The van der Waals surface area contributed by atoms with Crippen LogP contribution in [0.1, 0.15) is 12.5 Å². The number of amides is 2. The van der Waals surface area contributed by atoms with Gasteiger partial charge < -0.3 is 15.2 Å². The minimum atomic E-state index is -0.417. The number of aliphatic hydroxyl groups is 1. The number of carbonyl (C=O) groups is 2. The van der Waals surface area contributed by atoms with Gasteiger partial charge in [0.1, 0.15) is 17.6 Å². The first-order valence-electron chi connectivity index (χ1n) is 6.83. The van der Waals surface area contributed by atoms with Crippen LogP contribution in [0.15, 0.2) is 30.0 Å². The number of nitrogens with one attached hydrogen (secondary N) is 1. The van der Waals surface area contributed by atoms with Gasteiger partial charge >= 0.3 is 0 Å². The van der Waals surface area contributed by atoms with Gasteiger partial charge in [0.05, 0.1) is 13.2 Å². The Morgan fingerprint density at radius 3 is 3.00 bits per heavy atom. The fourth-order valence-corrected chi connectivity index (χ4v) is 2.57. The van der Waals surface area contributed by atoms with Gasteiger partial charge in [0.15, 0.2) is 0 Å². The van der Waals surface area contributed by atoms with Crippen LogP contribution in [-0.4, -0.2) is 41.1 Å². The SMILES string of the molecule is CC1Cc2cc(NC3=CC(=O)N(CCO)C3=O)ccc2O1. The molecule has 1 atom stereocenters. The Hall–Kier alpha value is -2.34. The number of fused-ring (bicyclic) bond motifs is 1. The first-order chi connectivity index (χ1) is 10.1. The minimum absolute atomic E-state index is 0.00882. The highest BCUT2D eigenvalue weighted by Gasteiger charge is 2.30. The van der Waals surface area contributed by atoms with Gasteiger partial charge in [0, 0.05) is 18.2 Å². The van der Waals surface area contributed by atoms with Crippen LogP contribution in [0.5, 0.6) is 5.75 Å². The van der Waals surface area contributed by atoms with Gasteiger partial charge in [-0.3, -0.25) is 14.5 Å². The monoisotopic (exact) mass is 288 g/mol. The van der Waals surface area contributed by atoms with E-state index in [0.717, 1.165) is 28.3 Å². The summed E-state index contributed by atoms with van der Waals surface area (Å²) in [5.74, 6) is 0.0339. The first-order valence-corrected chi connectivity index (χ1v) is 6.83. The predicted octanol–water partition coefficient (Wildman–Crippen LogP) is 0.667. The molecule has 21 heavy (non-hydrogen) atoms. The zero-order valence-corrected chi connectivity index (χ0v) is 11.6. The van der Waals surface area contributed by atoms with Gasteiger partial charge in [-0.15, -0.1) is 0 Å². The molecule has 2 amide bonds. The topological polar surface area (TPSA) is 78.9 Å². The lowest BCUT2D eigenvalue weighted by atomic mass is 10.1. The molecular formula is C15H16N2O4. The average Bonchev–Trinajstić information content (AvgIpc) is 2.93. The van der Waals surface area contributed by atoms with Gasteiger partial charge in [-0.2, -0.15) is 0 Å². The van der Waals surface area contributed by atoms with Crippen LogP contribution in [0, 0.1) is 0 Å². The summed E-state index contributed by atoms with van der Waals surface area (Å²) in [6.07, 6.45) is 2.24. The lowest BCUT2D eigenvalue weighted by molar-refractivity contribution is -0.137. The highest BCUT2D eigenvalue weighted by molar-refractivity contribution is 6.17. The normalized spacial score (nSPS) is 20.4. The molecule has 2 heterocycles. The molecule has 2 aliphatic rings. The number of benzene rings is 1. The zero-order valence-electron chi connectivity index (χ0n) is 11.6. The van der Waals surface area contributed by atoms with E-state index in [1.807, 2.05) is 25.1 Å². The molecule has 1 aromatic rings. The van der Waals surface area contributed by atoms with Crippen molar-refractivity contribution in [3.8, 4) is 5.75 Å². The van der Waals surface area contributed by atoms with Crippen molar-refractivity contribution >= 4 is 17.5 Å². The molecule has 1 aromatic carbocycles. The van der Waals surface area contributed by atoms with E-state index >= 15 is 0 Å². The Balaban J connectivity index is 1.76. The molecule has 0 saturated heterocycles. The summed E-state index contributed by atoms with van der Waals surface area (Å²) in [7, 11) is 0. The lowest BCUT2D eigenvalue weighted by Gasteiger charge is -2.13. The summed E-state index contributed by atoms with van der Waals surface area (Å²) in [6, 6.07) is 5.59. The van der Waals surface area contributed by atoms with E-state index in [0.29, 0.717) is 0 Å². The van der Waals surface area contributed by atoms with Crippen LogP contribution in [0.2, 0.25) is 0 Å². The van der Waals surface area contributed by atoms with Gasteiger partial charge in [-0.05, 0) is 30.7 Å². The largest absolute Gasteiger partial charge is 0.490 e. The van der Waals surface area contributed by atoms with Crippen LogP contribution in [-0.2, 0) is 16.0 Å². The summed E-state index contributed by atoms with van der Waals surface area (Å²) >= 11 is 0. The van der Waals surface area contributed by atoms with Gasteiger partial charge in [-0.25, -0.2) is 0 Å². The Bertz CT molecular complexity index is 639. The Kier molecular flexibility index (Phi) is 3.39. The number of hydrogen-bond acceptors (Lipinski definition) is 5. The molecule has 0 spiro atoms. The first kappa shape index (κ1) is 13.6. The Morgan fingerprint density at radius 1 is 1.43 bits per heavy atom. The van der Waals surface area contributed by atoms with Crippen molar-refractivity contribution in [1.82, 2.24) is 4.90 Å². The number of β-amino-alcohol motifs (C(OH)–C–C–N with tert-alkyl or cyclic N) is 1. The zero-order chi connectivity index (χ0) is 15.0. The van der Waals surface area contributed by atoms with Gasteiger partial charge in [0.2, 0.25) is 0 Å². The molecule has 0 fully saturated rings. The highest BCUT2D eigenvalue weighted by atomic mass is 16.5. The van der Waals surface area contributed by atoms with Gasteiger partial charge in [0.25, 0.3) is 11.8 Å². The number of nitrogens with zero attached hydrogens (tertiary/aromatic N) is 1. The van der Waals surface area contributed by atoms with E-state index in [2.05, 4.69) is 5.32 Å². The third-order valence-electron chi connectivity index (χ3n) is 3.51. The summed E-state index contributed by atoms with van der Waals surface area (Å²) in [6.45, 7) is 1.77. The van der Waals surface area contributed by atoms with Crippen molar-refractivity contribution in [2.45, 2.75) is 19.4 Å². The van der Waals surface area contributed by atoms with Crippen molar-refractivity contribution in [3.63, 3.8) is 0 Å². The molecular weight excluding hydrogens is 272 g/mol. The smallest absolute Gasteiger partial charge is 0.277 e. The predicted molar refractivity (Wildman–Crippen MR) is 75.7 cm³/mol. The number of carbonyl (C=O) groups excluding carboxylic acids is 2. The van der Waals surface area contributed by atoms with Crippen molar-refractivity contribution in [2.24, 2.45) is 0 Å². The average molecular weight is 288 g/mol. The fraction of sp³-hybridized carbons (Fsp3) is 0.333. The van der Waals surface area contributed by atoms with E-state index in [1.54, 1.807) is 0 Å². The third kappa shape index (κ3) is 2.50. The molecule has 1 unspecified atom stereocenters. The second kappa shape index (κ2) is 5.21. The van der Waals surface area contributed by atoms with Crippen molar-refractivity contribution in [3.05, 3.63) is 35.5 Å². The summed E-state index contributed by atoms with van der Waals surface area (Å²) < 4.78 is 5.62. The minimum Gasteiger partial charge on any atom is -0.490 e. The van der Waals surface area contributed by atoms with E-state index in [9.17, 15) is 9.59 Å². The van der Waals surface area contributed by atoms with Crippen molar-refractivity contribution in [1.29, 1.82) is 0 Å². The number of rotatable bonds is 4. The number of hydrogen-bond donors (Lipinski definition) is 2. The molecule has 6 nitrogen and oxygen atoms in total. The number of imide groups is 1. The number of anilines is 1. The van der Waals surface area contributed by atoms with Crippen LogP contribution < -0.4 is 10.1 Å². The second-order valence-corrected chi connectivity index (χ2v) is 5.16. The summed E-state index contributed by atoms with van der Waals surface area (Å²) in [4.78, 5) is 24.7. The van der Waals surface area contributed by atoms with Crippen LogP contribution in [0.4, 0.5) is 5.69 Å². The van der Waals surface area contributed by atoms with Crippen LogP contribution >= 0.6 is 0 Å². The molecule has 0 bridgehead atoms. The van der Waals surface area contributed by atoms with E-state index in [-0.39, 0.29) is 25.0 Å². The number of aliphatic hydroxyl groups excluding tert-OH is 1. The van der Waals surface area contributed by atoms with Gasteiger partial charge in [-0.1, -0.05) is 0 Å². The second-order valence-electron chi connectivity index (χ2n) is 5.16. The summed E-state index contributed by atoms with van der Waals surface area (Å²) in [5, 5.41) is 11.8. The third-order valence-corrected chi connectivity index (χ3v) is 3.51. The molecule has 0 radical (unpaired) electrons. The fourth-order valence-electron chi connectivity index (χ4n) is 2.57. The molecule has 6 heteroatoms. The lowest BCUT2D eigenvalue weighted by Crippen LogP contribution is -2.34. The van der Waals surface area contributed by atoms with E-state index < -0.39 is 11.8 Å². The van der Waals surface area contributed by atoms with Crippen molar-refractivity contribution in [2.75, 3.05) is 18.5 Å². The molecule has 2 aliphatic heterocycles. The Morgan fingerprint density at radius 2 is 2.24 bits per heavy atom. The Labute approximate surface area is 122 Å². The van der Waals surface area contributed by atoms with Crippen LogP contribution in [0.3, 0.4) is 0 Å². The molecule has 110 valence electrons. The maximum absolute atomic E-state index is 12.0. The molecule has 0 aromatic heterocycles. The molecule has 0 saturated carbocycles. The van der Waals surface area contributed by atoms with Crippen molar-refractivity contribution < 1.29 is 19.4 Å². The molecule has 2 N–H and O–H groups in total. The molecule has 3 rings (SSSR count). The highest BCUT2D eigenvalue weighted by Crippen LogP contribution is 2.31. The van der Waals surface area contributed by atoms with E-state index in [1.165, 1.54) is 6.08 Å². The maximum Gasteiger partial charge on any atom is 0.277 e. The quantitative estimate of drug-likeness (QED) is 0.796. The standard InChI is InChI=1S/C15H16N2O4/c1-9-6-10-7-11(2-3-13(10)21-9)16-12-8-14(19)17(4-5-18)15(12)20/h2-3,7-9,16,18H,4-6H2,1H3. The molecule has 0 aliphatic carbocycles. The number of ether oxygens (including phenoxy) is 1. The maximum atomic E-state index is 12.0. The summed E-state index contributed by atoms with van der Waals surface area (Å²) in [5.41, 5.74) is 2.04. The van der Waals surface area contributed by atoms with E-state index in [4.69, 9.17) is 9.84 Å².